The van der Waals surface area contributed by atoms with Crippen molar-refractivity contribution in [1.82, 2.24) is 5.32 Å². The minimum atomic E-state index is -0.960. The van der Waals surface area contributed by atoms with Crippen molar-refractivity contribution in [3.05, 3.63) is 59.7 Å². The summed E-state index contributed by atoms with van der Waals surface area (Å²) in [7, 11) is 1.58. The highest BCUT2D eigenvalue weighted by molar-refractivity contribution is 5.84. The molecule has 0 saturated carbocycles. The zero-order chi connectivity index (χ0) is 20.5. The number of nitriles is 1. The molecular weight excluding hydrogens is 360 g/mol. The summed E-state index contributed by atoms with van der Waals surface area (Å²) in [5.41, 5.74) is 1.38. The van der Waals surface area contributed by atoms with Gasteiger partial charge < -0.3 is 19.5 Å². The molecular formula is C21H22N2O5. The van der Waals surface area contributed by atoms with Crippen LogP contribution in [0.25, 0.3) is 0 Å². The van der Waals surface area contributed by atoms with Gasteiger partial charge in [-0.1, -0.05) is 12.1 Å². The molecule has 0 unspecified atom stereocenters. The molecule has 2 aromatic rings. The van der Waals surface area contributed by atoms with Crippen LogP contribution < -0.4 is 14.8 Å². The topological polar surface area (TPSA) is 97.7 Å². The fraction of sp³-hybridized carbons (Fsp3) is 0.286. The van der Waals surface area contributed by atoms with Gasteiger partial charge in [0.25, 0.3) is 5.91 Å². The van der Waals surface area contributed by atoms with Gasteiger partial charge in [0.15, 0.2) is 12.2 Å². The second-order valence-corrected chi connectivity index (χ2v) is 6.04. The second-order valence-electron chi connectivity index (χ2n) is 6.04. The van der Waals surface area contributed by atoms with E-state index in [1.807, 2.05) is 18.2 Å². The molecule has 0 aliphatic carbocycles. The number of esters is 1. The molecule has 2 aromatic carbocycles. The Morgan fingerprint density at radius 3 is 2.18 bits per heavy atom. The molecule has 0 heterocycles. The van der Waals surface area contributed by atoms with Crippen LogP contribution in [0.2, 0.25) is 0 Å². The minimum absolute atomic E-state index is 0.308. The number of rotatable bonds is 8. The molecule has 2 atom stereocenters. The lowest BCUT2D eigenvalue weighted by atomic mass is 10.2. The predicted octanol–water partition coefficient (Wildman–Crippen LogP) is 2.58. The molecule has 0 aliphatic heterocycles. The molecule has 1 N–H and O–H groups in total. The number of nitrogens with one attached hydrogen (secondary N) is 1. The van der Waals surface area contributed by atoms with Crippen molar-refractivity contribution in [1.29, 1.82) is 5.26 Å². The SMILES string of the molecule is COc1ccc(CNC(=O)[C@H](C)OC(=O)[C@H](C)Oc2ccc(C#N)cc2)cc1. The van der Waals surface area contributed by atoms with Crippen molar-refractivity contribution < 1.29 is 23.8 Å². The van der Waals surface area contributed by atoms with Gasteiger partial charge in [0.1, 0.15) is 11.5 Å². The van der Waals surface area contributed by atoms with Crippen LogP contribution in [0, 0.1) is 11.3 Å². The van der Waals surface area contributed by atoms with E-state index >= 15 is 0 Å². The second kappa shape index (κ2) is 9.97. The number of benzene rings is 2. The molecule has 1 amide bonds. The summed E-state index contributed by atoms with van der Waals surface area (Å²) < 4.78 is 15.7. The molecule has 0 spiro atoms. The fourth-order valence-corrected chi connectivity index (χ4v) is 2.26. The Balaban J connectivity index is 1.80. The number of amides is 1. The molecule has 0 aromatic heterocycles. The lowest BCUT2D eigenvalue weighted by Gasteiger charge is -2.18. The maximum absolute atomic E-state index is 12.1. The third-order valence-corrected chi connectivity index (χ3v) is 3.92. The van der Waals surface area contributed by atoms with E-state index in [9.17, 15) is 9.59 Å². The smallest absolute Gasteiger partial charge is 0.347 e. The molecule has 0 saturated heterocycles. The molecule has 146 valence electrons. The van der Waals surface area contributed by atoms with Gasteiger partial charge in [-0.15, -0.1) is 0 Å². The summed E-state index contributed by atoms with van der Waals surface area (Å²) in [5, 5.41) is 11.5. The van der Waals surface area contributed by atoms with Crippen LogP contribution in [0.5, 0.6) is 11.5 Å². The molecule has 7 heteroatoms. The van der Waals surface area contributed by atoms with Gasteiger partial charge in [-0.2, -0.15) is 5.26 Å². The standard InChI is InChI=1S/C21H22N2O5/c1-14(20(24)23-13-17-6-8-18(26-3)9-7-17)28-21(25)15(2)27-19-10-4-16(12-22)5-11-19/h4-11,14-15H,13H2,1-3H3,(H,23,24)/t14-,15-/m0/s1. The summed E-state index contributed by atoms with van der Waals surface area (Å²) in [6.07, 6.45) is -1.86. The largest absolute Gasteiger partial charge is 0.497 e. The third-order valence-electron chi connectivity index (χ3n) is 3.92. The maximum atomic E-state index is 12.1. The number of ether oxygens (including phenoxy) is 3. The Morgan fingerprint density at radius 1 is 1.00 bits per heavy atom. The molecule has 2 rings (SSSR count). The van der Waals surface area contributed by atoms with Crippen LogP contribution in [-0.4, -0.2) is 31.2 Å². The summed E-state index contributed by atoms with van der Waals surface area (Å²) in [6.45, 7) is 3.33. The van der Waals surface area contributed by atoms with Gasteiger partial charge in [0.2, 0.25) is 0 Å². The van der Waals surface area contributed by atoms with Gasteiger partial charge in [0.05, 0.1) is 18.7 Å². The maximum Gasteiger partial charge on any atom is 0.347 e. The van der Waals surface area contributed by atoms with E-state index in [4.69, 9.17) is 19.5 Å². The van der Waals surface area contributed by atoms with E-state index in [0.29, 0.717) is 17.9 Å². The predicted molar refractivity (Wildman–Crippen MR) is 102 cm³/mol. The highest BCUT2D eigenvalue weighted by atomic mass is 16.6. The molecule has 28 heavy (non-hydrogen) atoms. The Kier molecular flexibility index (Phi) is 7.40. The summed E-state index contributed by atoms with van der Waals surface area (Å²) in [4.78, 5) is 24.3. The Morgan fingerprint density at radius 2 is 1.61 bits per heavy atom. The van der Waals surface area contributed by atoms with Crippen molar-refractivity contribution in [2.75, 3.05) is 7.11 Å². The molecule has 0 bridgehead atoms. The van der Waals surface area contributed by atoms with Crippen molar-refractivity contribution in [2.45, 2.75) is 32.6 Å². The first kappa shape index (κ1) is 20.8. The van der Waals surface area contributed by atoms with Gasteiger partial charge in [-0.25, -0.2) is 4.79 Å². The van der Waals surface area contributed by atoms with Crippen molar-refractivity contribution in [3.8, 4) is 17.6 Å². The zero-order valence-corrected chi connectivity index (χ0v) is 16.0. The van der Waals surface area contributed by atoms with Crippen molar-refractivity contribution >= 4 is 11.9 Å². The first-order chi connectivity index (χ1) is 13.4. The highest BCUT2D eigenvalue weighted by Gasteiger charge is 2.23. The van der Waals surface area contributed by atoms with Crippen LogP contribution in [0.3, 0.4) is 0 Å². The van der Waals surface area contributed by atoms with Crippen molar-refractivity contribution in [3.63, 3.8) is 0 Å². The number of hydrogen-bond acceptors (Lipinski definition) is 6. The Bertz CT molecular complexity index is 841. The van der Waals surface area contributed by atoms with Gasteiger partial charge in [-0.05, 0) is 55.8 Å². The van der Waals surface area contributed by atoms with E-state index in [0.717, 1.165) is 11.3 Å². The first-order valence-corrected chi connectivity index (χ1v) is 8.71. The van der Waals surface area contributed by atoms with Crippen LogP contribution in [0.1, 0.15) is 25.0 Å². The number of hydrogen-bond donors (Lipinski definition) is 1. The Hall–Kier alpha value is -3.53. The third kappa shape index (κ3) is 6.02. The first-order valence-electron chi connectivity index (χ1n) is 8.71. The summed E-state index contributed by atoms with van der Waals surface area (Å²) in [6, 6.07) is 15.6. The van der Waals surface area contributed by atoms with Crippen LogP contribution in [0.15, 0.2) is 48.5 Å². The minimum Gasteiger partial charge on any atom is -0.497 e. The van der Waals surface area contributed by atoms with Gasteiger partial charge in [-0.3, -0.25) is 4.79 Å². The van der Waals surface area contributed by atoms with Crippen LogP contribution in [0.4, 0.5) is 0 Å². The van der Waals surface area contributed by atoms with Gasteiger partial charge >= 0.3 is 5.97 Å². The number of nitrogens with zero attached hydrogens (tertiary/aromatic N) is 1. The van der Waals surface area contributed by atoms with E-state index in [1.54, 1.807) is 43.5 Å². The Labute approximate surface area is 163 Å². The molecule has 0 radical (unpaired) electrons. The molecule has 0 aliphatic rings. The average molecular weight is 382 g/mol. The van der Waals surface area contributed by atoms with E-state index in [2.05, 4.69) is 5.32 Å². The highest BCUT2D eigenvalue weighted by Crippen LogP contribution is 2.14. The number of carbonyl (C=O) groups excluding carboxylic acids is 2. The van der Waals surface area contributed by atoms with Crippen LogP contribution in [-0.2, 0) is 20.9 Å². The number of methoxy groups -OCH3 is 1. The molecule has 7 nitrogen and oxygen atoms in total. The van der Waals surface area contributed by atoms with E-state index < -0.39 is 24.1 Å². The van der Waals surface area contributed by atoms with Gasteiger partial charge in [0, 0.05) is 6.54 Å². The quantitative estimate of drug-likeness (QED) is 0.705. The monoisotopic (exact) mass is 382 g/mol. The summed E-state index contributed by atoms with van der Waals surface area (Å²) >= 11 is 0. The fourth-order valence-electron chi connectivity index (χ4n) is 2.26. The van der Waals surface area contributed by atoms with E-state index in [-0.39, 0.29) is 0 Å². The lowest BCUT2D eigenvalue weighted by Crippen LogP contribution is -2.38. The number of carbonyl (C=O) groups is 2. The average Bonchev–Trinajstić information content (AvgIpc) is 2.72. The van der Waals surface area contributed by atoms with E-state index in [1.165, 1.54) is 13.8 Å². The normalized spacial score (nSPS) is 12.2. The van der Waals surface area contributed by atoms with Crippen molar-refractivity contribution in [2.24, 2.45) is 0 Å². The zero-order valence-electron chi connectivity index (χ0n) is 16.0. The summed E-state index contributed by atoms with van der Waals surface area (Å²) in [5.74, 6) is 0.0971. The van der Waals surface area contributed by atoms with Crippen LogP contribution >= 0.6 is 0 Å². The lowest BCUT2D eigenvalue weighted by molar-refractivity contribution is -0.160. The molecule has 0 fully saturated rings.